The molecule has 0 bridgehead atoms. The summed E-state index contributed by atoms with van der Waals surface area (Å²) in [5, 5.41) is 1.56. The summed E-state index contributed by atoms with van der Waals surface area (Å²) in [6.45, 7) is 4.93. The Bertz CT molecular complexity index is 758. The first-order chi connectivity index (χ1) is 13.5. The van der Waals surface area contributed by atoms with Gasteiger partial charge in [0.2, 0.25) is 11.8 Å². The van der Waals surface area contributed by atoms with Gasteiger partial charge in [-0.1, -0.05) is 29.8 Å². The van der Waals surface area contributed by atoms with E-state index >= 15 is 0 Å². The first-order valence-corrected chi connectivity index (χ1v) is 9.95. The quantitative estimate of drug-likeness (QED) is 0.856. The number of nitrogens with one attached hydrogen (secondary N) is 1. The van der Waals surface area contributed by atoms with Gasteiger partial charge in [-0.3, -0.25) is 20.0 Å². The van der Waals surface area contributed by atoms with Crippen LogP contribution in [0.3, 0.4) is 0 Å². The van der Waals surface area contributed by atoms with Crippen LogP contribution < -0.4 is 5.43 Å². The molecule has 3 heterocycles. The summed E-state index contributed by atoms with van der Waals surface area (Å²) in [6, 6.07) is 8.15. The molecular formula is C21H27N3O4. The van der Waals surface area contributed by atoms with Crippen LogP contribution in [-0.4, -0.2) is 60.4 Å². The highest BCUT2D eigenvalue weighted by atomic mass is 16.7. The SMILES string of the molecule is Cc1ccc(C2=CCC(=O)N(CCC(=O)N3CCC4(CC3)OCCO4)N2)cc1. The van der Waals surface area contributed by atoms with Gasteiger partial charge in [-0.2, -0.15) is 0 Å². The average molecular weight is 385 g/mol. The van der Waals surface area contributed by atoms with Crippen molar-refractivity contribution in [2.24, 2.45) is 0 Å². The fourth-order valence-electron chi connectivity index (χ4n) is 3.90. The van der Waals surface area contributed by atoms with Crippen LogP contribution in [-0.2, 0) is 19.1 Å². The normalized spacial score (nSPS) is 21.6. The Labute approximate surface area is 165 Å². The zero-order valence-electron chi connectivity index (χ0n) is 16.3. The third-order valence-electron chi connectivity index (χ3n) is 5.64. The highest BCUT2D eigenvalue weighted by Gasteiger charge is 2.40. The molecule has 0 unspecified atom stereocenters. The summed E-state index contributed by atoms with van der Waals surface area (Å²) in [6.07, 6.45) is 3.96. The molecule has 3 aliphatic rings. The van der Waals surface area contributed by atoms with E-state index in [0.29, 0.717) is 58.5 Å². The number of carbonyl (C=O) groups is 2. The molecule has 0 atom stereocenters. The minimum atomic E-state index is -0.477. The van der Waals surface area contributed by atoms with Crippen molar-refractivity contribution in [3.05, 3.63) is 41.5 Å². The van der Waals surface area contributed by atoms with Gasteiger partial charge in [0.1, 0.15) is 0 Å². The van der Waals surface area contributed by atoms with Gasteiger partial charge in [-0.05, 0) is 18.6 Å². The van der Waals surface area contributed by atoms with Crippen molar-refractivity contribution >= 4 is 17.5 Å². The molecule has 150 valence electrons. The largest absolute Gasteiger partial charge is 0.347 e. The summed E-state index contributed by atoms with van der Waals surface area (Å²) < 4.78 is 11.4. The van der Waals surface area contributed by atoms with Crippen LogP contribution in [0.5, 0.6) is 0 Å². The number of rotatable bonds is 4. The number of aryl methyl sites for hydroxylation is 1. The van der Waals surface area contributed by atoms with Crippen molar-refractivity contribution in [3.8, 4) is 0 Å². The molecule has 2 fully saturated rings. The molecule has 0 radical (unpaired) electrons. The van der Waals surface area contributed by atoms with Crippen LogP contribution in [0.15, 0.2) is 30.3 Å². The van der Waals surface area contributed by atoms with Gasteiger partial charge in [-0.25, -0.2) is 0 Å². The molecule has 1 N–H and O–H groups in total. The monoisotopic (exact) mass is 385 g/mol. The Morgan fingerprint density at radius 2 is 1.82 bits per heavy atom. The van der Waals surface area contributed by atoms with Crippen molar-refractivity contribution < 1.29 is 19.1 Å². The molecule has 0 aliphatic carbocycles. The van der Waals surface area contributed by atoms with E-state index in [1.165, 1.54) is 5.56 Å². The first-order valence-electron chi connectivity index (χ1n) is 9.95. The number of likely N-dealkylation sites (tertiary alicyclic amines) is 1. The van der Waals surface area contributed by atoms with Crippen LogP contribution in [0, 0.1) is 6.92 Å². The zero-order chi connectivity index (χ0) is 19.6. The molecule has 3 aliphatic heterocycles. The zero-order valence-corrected chi connectivity index (χ0v) is 16.3. The summed E-state index contributed by atoms with van der Waals surface area (Å²) in [5.74, 6) is -0.433. The molecule has 1 aromatic rings. The van der Waals surface area contributed by atoms with E-state index in [1.807, 2.05) is 42.2 Å². The van der Waals surface area contributed by atoms with E-state index in [4.69, 9.17) is 9.47 Å². The van der Waals surface area contributed by atoms with E-state index in [0.717, 1.165) is 11.3 Å². The van der Waals surface area contributed by atoms with Crippen molar-refractivity contribution in [1.82, 2.24) is 15.3 Å². The lowest BCUT2D eigenvalue weighted by Gasteiger charge is -2.38. The lowest BCUT2D eigenvalue weighted by Crippen LogP contribution is -2.49. The number of piperidine rings is 1. The minimum absolute atomic E-state index is 0.0194. The van der Waals surface area contributed by atoms with Gasteiger partial charge in [-0.15, -0.1) is 0 Å². The number of hydrogen-bond donors (Lipinski definition) is 1. The van der Waals surface area contributed by atoms with Crippen LogP contribution in [0.2, 0.25) is 0 Å². The fraction of sp³-hybridized carbons (Fsp3) is 0.524. The van der Waals surface area contributed by atoms with Crippen molar-refractivity contribution in [2.75, 3.05) is 32.8 Å². The highest BCUT2D eigenvalue weighted by molar-refractivity contribution is 5.84. The van der Waals surface area contributed by atoms with E-state index in [2.05, 4.69) is 5.43 Å². The molecule has 28 heavy (non-hydrogen) atoms. The second kappa shape index (κ2) is 7.93. The van der Waals surface area contributed by atoms with Crippen LogP contribution in [0.25, 0.3) is 5.70 Å². The van der Waals surface area contributed by atoms with E-state index < -0.39 is 5.79 Å². The Morgan fingerprint density at radius 1 is 1.14 bits per heavy atom. The minimum Gasteiger partial charge on any atom is -0.347 e. The molecule has 7 heteroatoms. The molecule has 2 saturated heterocycles. The number of carbonyl (C=O) groups excluding carboxylic acids is 2. The van der Waals surface area contributed by atoms with E-state index in [1.54, 1.807) is 5.01 Å². The lowest BCUT2D eigenvalue weighted by molar-refractivity contribution is -0.187. The Hall–Kier alpha value is -2.38. The van der Waals surface area contributed by atoms with Gasteiger partial charge in [0, 0.05) is 38.8 Å². The van der Waals surface area contributed by atoms with Crippen molar-refractivity contribution in [1.29, 1.82) is 0 Å². The second-order valence-electron chi connectivity index (χ2n) is 7.58. The lowest BCUT2D eigenvalue weighted by atomic mass is 10.0. The summed E-state index contributed by atoms with van der Waals surface area (Å²) in [4.78, 5) is 26.7. The first kappa shape index (κ1) is 19.0. The smallest absolute Gasteiger partial charge is 0.244 e. The molecule has 0 saturated carbocycles. The molecule has 2 amide bonds. The van der Waals surface area contributed by atoms with Crippen molar-refractivity contribution in [2.45, 2.75) is 38.4 Å². The number of hydrazine groups is 1. The third kappa shape index (κ3) is 4.05. The predicted molar refractivity (Wildman–Crippen MR) is 104 cm³/mol. The Morgan fingerprint density at radius 3 is 2.50 bits per heavy atom. The maximum absolute atomic E-state index is 12.6. The molecular weight excluding hydrogens is 358 g/mol. The summed E-state index contributed by atoms with van der Waals surface area (Å²) in [5.41, 5.74) is 6.30. The Kier molecular flexibility index (Phi) is 5.37. The summed E-state index contributed by atoms with van der Waals surface area (Å²) in [7, 11) is 0. The van der Waals surface area contributed by atoms with Gasteiger partial charge >= 0.3 is 0 Å². The van der Waals surface area contributed by atoms with Crippen LogP contribution >= 0.6 is 0 Å². The molecule has 1 aromatic carbocycles. The van der Waals surface area contributed by atoms with Crippen molar-refractivity contribution in [3.63, 3.8) is 0 Å². The van der Waals surface area contributed by atoms with Gasteiger partial charge in [0.25, 0.3) is 0 Å². The van der Waals surface area contributed by atoms with E-state index in [-0.39, 0.29) is 11.8 Å². The number of hydrogen-bond acceptors (Lipinski definition) is 5. The topological polar surface area (TPSA) is 71.1 Å². The van der Waals surface area contributed by atoms with E-state index in [9.17, 15) is 9.59 Å². The fourth-order valence-corrected chi connectivity index (χ4v) is 3.90. The highest BCUT2D eigenvalue weighted by Crippen LogP contribution is 2.31. The number of benzene rings is 1. The third-order valence-corrected chi connectivity index (χ3v) is 5.64. The summed E-state index contributed by atoms with van der Waals surface area (Å²) >= 11 is 0. The maximum Gasteiger partial charge on any atom is 0.244 e. The second-order valence-corrected chi connectivity index (χ2v) is 7.58. The molecule has 4 rings (SSSR count). The predicted octanol–water partition coefficient (Wildman–Crippen LogP) is 1.83. The average Bonchev–Trinajstić information content (AvgIpc) is 3.16. The standard InChI is InChI=1S/C21H27N3O4/c1-16-2-4-17(5-3-16)18-6-7-20(26)24(22-18)11-8-19(25)23-12-9-21(10-13-23)27-14-15-28-21/h2-6,22H,7-15H2,1H3. The van der Waals surface area contributed by atoms with Gasteiger partial charge in [0.05, 0.1) is 25.5 Å². The number of nitrogens with zero attached hydrogens (tertiary/aromatic N) is 2. The molecule has 1 spiro atoms. The van der Waals surface area contributed by atoms with Crippen LogP contribution in [0.4, 0.5) is 0 Å². The van der Waals surface area contributed by atoms with Gasteiger partial charge < -0.3 is 14.4 Å². The molecule has 7 nitrogen and oxygen atoms in total. The van der Waals surface area contributed by atoms with Gasteiger partial charge in [0.15, 0.2) is 5.79 Å². The van der Waals surface area contributed by atoms with Crippen LogP contribution in [0.1, 0.15) is 36.8 Å². The number of amides is 2. The number of ether oxygens (including phenoxy) is 2. The Balaban J connectivity index is 1.29. The molecule has 0 aromatic heterocycles. The maximum atomic E-state index is 12.6.